The highest BCUT2D eigenvalue weighted by molar-refractivity contribution is 7.91. The number of aryl methyl sites for hydroxylation is 1. The van der Waals surface area contributed by atoms with Crippen LogP contribution in [0.5, 0.6) is 23.0 Å². The molecule has 4 aromatic carbocycles. The third-order valence-corrected chi connectivity index (χ3v) is 7.43. The van der Waals surface area contributed by atoms with Gasteiger partial charge in [-0.2, -0.15) is 0 Å². The van der Waals surface area contributed by atoms with E-state index < -0.39 is 21.6 Å². The van der Waals surface area contributed by atoms with Gasteiger partial charge >= 0.3 is 0 Å². The van der Waals surface area contributed by atoms with Crippen LogP contribution < -0.4 is 20.5 Å². The highest BCUT2D eigenvalue weighted by Gasteiger charge is 2.26. The van der Waals surface area contributed by atoms with Crippen molar-refractivity contribution in [2.75, 3.05) is 18.4 Å². The van der Waals surface area contributed by atoms with Crippen molar-refractivity contribution in [3.8, 4) is 23.0 Å². The van der Waals surface area contributed by atoms with Gasteiger partial charge in [-0.15, -0.1) is 0 Å². The molecule has 0 saturated carbocycles. The lowest BCUT2D eigenvalue weighted by Gasteiger charge is -2.16. The van der Waals surface area contributed by atoms with E-state index in [2.05, 4.69) is 5.32 Å². The first-order chi connectivity index (χ1) is 18.4. The molecule has 0 aliphatic rings. The maximum Gasteiger partial charge on any atom is 0.270 e. The first kappa shape index (κ1) is 28.0. The van der Waals surface area contributed by atoms with Gasteiger partial charge in [-0.1, -0.05) is 0 Å². The van der Waals surface area contributed by atoms with E-state index in [9.17, 15) is 21.6 Å². The smallest absolute Gasteiger partial charge is 0.270 e. The summed E-state index contributed by atoms with van der Waals surface area (Å²) in [5.41, 5.74) is 6.37. The molecule has 0 bridgehead atoms. The van der Waals surface area contributed by atoms with Crippen molar-refractivity contribution >= 4 is 15.5 Å². The lowest BCUT2D eigenvalue weighted by molar-refractivity contribution is 0.0173. The largest absolute Gasteiger partial charge is 0.457 e. The Kier molecular flexibility index (Phi) is 8.17. The van der Waals surface area contributed by atoms with E-state index in [1.54, 1.807) is 19.1 Å². The van der Waals surface area contributed by atoms with Gasteiger partial charge in [-0.05, 0) is 85.3 Å². The predicted molar refractivity (Wildman–Crippen MR) is 143 cm³/mol. The quantitative estimate of drug-likeness (QED) is 0.218. The zero-order valence-corrected chi connectivity index (χ0v) is 22.1. The Labute approximate surface area is 225 Å². The molecule has 4 rings (SSSR count). The Morgan fingerprint density at radius 1 is 0.795 bits per heavy atom. The third kappa shape index (κ3) is 7.10. The Morgan fingerprint density at radius 2 is 1.33 bits per heavy atom. The van der Waals surface area contributed by atoms with Gasteiger partial charge in [0.25, 0.3) is 5.92 Å². The van der Waals surface area contributed by atoms with E-state index in [-0.39, 0.29) is 26.9 Å². The number of benzene rings is 4. The highest BCUT2D eigenvalue weighted by atomic mass is 32.2. The predicted octanol–water partition coefficient (Wildman–Crippen LogP) is 7.03. The standard InChI is InChI=1S/C29H27F3N2O4S/c1-19-13-21(30)17-25(14-19)37-23-3-7-27(8-4-23)39(35,36)28-9-5-24(6-10-28)38-26-16-20(29(2,31)32)15-22(18-26)34-12-11-33/h3-10,13-18,34H,11-12,33H2,1-2H3. The van der Waals surface area contributed by atoms with Gasteiger partial charge < -0.3 is 20.5 Å². The van der Waals surface area contributed by atoms with Crippen LogP contribution in [0.1, 0.15) is 18.1 Å². The van der Waals surface area contributed by atoms with Crippen LogP contribution in [-0.2, 0) is 15.8 Å². The molecule has 0 aliphatic carbocycles. The van der Waals surface area contributed by atoms with Gasteiger partial charge in [0.15, 0.2) is 0 Å². The number of alkyl halides is 2. The minimum absolute atomic E-state index is 0.0171. The maximum absolute atomic E-state index is 14.0. The molecule has 0 heterocycles. The van der Waals surface area contributed by atoms with E-state index in [1.165, 1.54) is 72.8 Å². The SMILES string of the molecule is Cc1cc(F)cc(Oc2ccc(S(=O)(=O)c3ccc(Oc4cc(NCCN)cc(C(C)(F)F)c4)cc3)cc2)c1. The molecule has 6 nitrogen and oxygen atoms in total. The third-order valence-electron chi connectivity index (χ3n) is 5.64. The Hall–Kier alpha value is -4.02. The first-order valence-corrected chi connectivity index (χ1v) is 13.5. The van der Waals surface area contributed by atoms with E-state index in [0.717, 1.165) is 6.92 Å². The van der Waals surface area contributed by atoms with Crippen molar-refractivity contribution in [1.82, 2.24) is 0 Å². The number of nitrogens with two attached hydrogens (primary N) is 1. The van der Waals surface area contributed by atoms with Crippen molar-refractivity contribution in [2.45, 2.75) is 29.6 Å². The van der Waals surface area contributed by atoms with Crippen molar-refractivity contribution in [1.29, 1.82) is 0 Å². The average Bonchev–Trinajstić information content (AvgIpc) is 2.87. The summed E-state index contributed by atoms with van der Waals surface area (Å²) in [5, 5.41) is 2.96. The molecule has 0 atom stereocenters. The van der Waals surface area contributed by atoms with Gasteiger partial charge in [0.1, 0.15) is 28.8 Å². The Balaban J connectivity index is 1.50. The molecular weight excluding hydrogens is 529 g/mol. The number of hydrogen-bond acceptors (Lipinski definition) is 6. The van der Waals surface area contributed by atoms with Crippen LogP contribution >= 0.6 is 0 Å². The van der Waals surface area contributed by atoms with E-state index >= 15 is 0 Å². The highest BCUT2D eigenvalue weighted by Crippen LogP contribution is 2.35. The van der Waals surface area contributed by atoms with E-state index in [1.807, 2.05) is 0 Å². The van der Waals surface area contributed by atoms with E-state index in [0.29, 0.717) is 35.8 Å². The number of nitrogens with one attached hydrogen (secondary N) is 1. The molecule has 4 aromatic rings. The summed E-state index contributed by atoms with van der Waals surface area (Å²) in [4.78, 5) is 0.0517. The Bertz CT molecular complexity index is 1530. The van der Waals surface area contributed by atoms with Crippen molar-refractivity contribution in [3.63, 3.8) is 0 Å². The fraction of sp³-hybridized carbons (Fsp3) is 0.172. The zero-order valence-electron chi connectivity index (χ0n) is 21.2. The van der Waals surface area contributed by atoms with Crippen molar-refractivity contribution in [2.24, 2.45) is 5.73 Å². The molecule has 0 aliphatic heterocycles. The molecule has 0 aromatic heterocycles. The van der Waals surface area contributed by atoms with Crippen molar-refractivity contribution < 1.29 is 31.1 Å². The summed E-state index contributed by atoms with van der Waals surface area (Å²) < 4.78 is 79.2. The maximum atomic E-state index is 14.0. The first-order valence-electron chi connectivity index (χ1n) is 12.0. The molecule has 0 spiro atoms. The van der Waals surface area contributed by atoms with Crippen LogP contribution in [0.15, 0.2) is 94.7 Å². The topological polar surface area (TPSA) is 90.7 Å². The van der Waals surface area contributed by atoms with Crippen LogP contribution in [0.2, 0.25) is 0 Å². The fourth-order valence-corrected chi connectivity index (χ4v) is 5.03. The zero-order chi connectivity index (χ0) is 28.2. The molecule has 0 radical (unpaired) electrons. The minimum Gasteiger partial charge on any atom is -0.457 e. The van der Waals surface area contributed by atoms with Crippen LogP contribution in [0.3, 0.4) is 0 Å². The van der Waals surface area contributed by atoms with Crippen molar-refractivity contribution in [3.05, 3.63) is 102 Å². The summed E-state index contributed by atoms with van der Waals surface area (Å²) in [6.07, 6.45) is 0. The molecule has 0 unspecified atom stereocenters. The second-order valence-electron chi connectivity index (χ2n) is 8.96. The molecule has 39 heavy (non-hydrogen) atoms. The summed E-state index contributed by atoms with van der Waals surface area (Å²) >= 11 is 0. The summed E-state index contributed by atoms with van der Waals surface area (Å²) in [6.45, 7) is 3.24. The second-order valence-corrected chi connectivity index (χ2v) is 10.9. The average molecular weight is 557 g/mol. The van der Waals surface area contributed by atoms with Gasteiger partial charge in [-0.3, -0.25) is 0 Å². The number of rotatable bonds is 10. The molecule has 204 valence electrons. The van der Waals surface area contributed by atoms with Gasteiger partial charge in [0, 0.05) is 43.4 Å². The van der Waals surface area contributed by atoms with E-state index in [4.69, 9.17) is 15.2 Å². The number of ether oxygens (including phenoxy) is 2. The van der Waals surface area contributed by atoms with Crippen LogP contribution in [0, 0.1) is 12.7 Å². The Morgan fingerprint density at radius 3 is 1.82 bits per heavy atom. The molecule has 0 saturated heterocycles. The van der Waals surface area contributed by atoms with Crippen LogP contribution in [0.25, 0.3) is 0 Å². The molecular formula is C29H27F3N2O4S. The molecule has 3 N–H and O–H groups in total. The number of halogens is 3. The molecule has 0 amide bonds. The minimum atomic E-state index is -3.87. The molecule has 0 fully saturated rings. The number of anilines is 1. The fourth-order valence-electron chi connectivity index (χ4n) is 3.77. The summed E-state index contributed by atoms with van der Waals surface area (Å²) in [6, 6.07) is 19.8. The monoisotopic (exact) mass is 556 g/mol. The lowest BCUT2D eigenvalue weighted by Crippen LogP contribution is -2.14. The van der Waals surface area contributed by atoms with Gasteiger partial charge in [0.05, 0.1) is 9.79 Å². The van der Waals surface area contributed by atoms with Gasteiger partial charge in [-0.25, -0.2) is 21.6 Å². The summed E-state index contributed by atoms with van der Waals surface area (Å²) in [7, 11) is -3.87. The summed E-state index contributed by atoms with van der Waals surface area (Å²) in [5.74, 6) is -2.45. The normalized spacial score (nSPS) is 11.7. The van der Waals surface area contributed by atoms with Gasteiger partial charge in [0.2, 0.25) is 9.84 Å². The number of sulfone groups is 1. The number of hydrogen-bond donors (Lipinski definition) is 2. The van der Waals surface area contributed by atoms with Crippen LogP contribution in [0.4, 0.5) is 18.9 Å². The molecule has 10 heteroatoms. The lowest BCUT2D eigenvalue weighted by atomic mass is 10.1. The van der Waals surface area contributed by atoms with Crippen LogP contribution in [-0.4, -0.2) is 21.5 Å². The second kappa shape index (κ2) is 11.4.